The summed E-state index contributed by atoms with van der Waals surface area (Å²) in [6.45, 7) is 5.75. The van der Waals surface area contributed by atoms with Gasteiger partial charge in [0.1, 0.15) is 5.82 Å². The van der Waals surface area contributed by atoms with Crippen LogP contribution in [0.3, 0.4) is 0 Å². The van der Waals surface area contributed by atoms with Crippen molar-refractivity contribution in [1.29, 1.82) is 0 Å². The van der Waals surface area contributed by atoms with Crippen LogP contribution >= 0.6 is 0 Å². The van der Waals surface area contributed by atoms with Gasteiger partial charge in [-0.05, 0) is 49.9 Å². The van der Waals surface area contributed by atoms with E-state index in [9.17, 15) is 4.39 Å². The molecule has 0 spiro atoms. The molecular formula is C17H27FN2O. The predicted molar refractivity (Wildman–Crippen MR) is 83.7 cm³/mol. The quantitative estimate of drug-likeness (QED) is 0.785. The normalized spacial score (nSPS) is 18.8. The summed E-state index contributed by atoms with van der Waals surface area (Å²) in [6.07, 6.45) is 4.50. The number of rotatable bonds is 7. The Kier molecular flexibility index (Phi) is 6.61. The molecule has 3 nitrogen and oxygen atoms in total. The number of benzene rings is 1. The molecule has 1 aliphatic heterocycles. The molecule has 0 aliphatic carbocycles. The predicted octanol–water partition coefficient (Wildman–Crippen LogP) is 3.11. The fraction of sp³-hybridized carbons (Fsp3) is 0.647. The lowest BCUT2D eigenvalue weighted by Gasteiger charge is -2.37. The minimum Gasteiger partial charge on any atom is -0.378 e. The Hall–Kier alpha value is -0.970. The molecule has 4 heteroatoms. The highest BCUT2D eigenvalue weighted by Gasteiger charge is 2.25. The van der Waals surface area contributed by atoms with Crippen LogP contribution < -0.4 is 5.73 Å². The van der Waals surface area contributed by atoms with Gasteiger partial charge in [0, 0.05) is 25.7 Å². The maximum absolute atomic E-state index is 13.1. The Bertz CT molecular complexity index is 402. The van der Waals surface area contributed by atoms with Gasteiger partial charge in [0.05, 0.1) is 6.10 Å². The van der Waals surface area contributed by atoms with Crippen molar-refractivity contribution in [3.05, 3.63) is 35.6 Å². The van der Waals surface area contributed by atoms with E-state index in [1.54, 1.807) is 12.1 Å². The van der Waals surface area contributed by atoms with E-state index in [2.05, 4.69) is 11.8 Å². The van der Waals surface area contributed by atoms with Crippen LogP contribution in [0.2, 0.25) is 0 Å². The van der Waals surface area contributed by atoms with Gasteiger partial charge in [-0.25, -0.2) is 4.39 Å². The zero-order valence-electron chi connectivity index (χ0n) is 12.9. The molecule has 1 atom stereocenters. The van der Waals surface area contributed by atoms with Gasteiger partial charge in [-0.2, -0.15) is 0 Å². The van der Waals surface area contributed by atoms with Crippen LogP contribution in [0.15, 0.2) is 24.3 Å². The number of nitrogens with zero attached hydrogens (tertiary/aromatic N) is 1. The van der Waals surface area contributed by atoms with Crippen LogP contribution in [-0.4, -0.2) is 37.2 Å². The molecule has 1 aromatic carbocycles. The number of halogens is 1. The number of hydrogen-bond donors (Lipinski definition) is 1. The summed E-state index contributed by atoms with van der Waals surface area (Å²) in [7, 11) is 0. The van der Waals surface area contributed by atoms with E-state index in [0.29, 0.717) is 18.7 Å². The monoisotopic (exact) mass is 294 g/mol. The Labute approximate surface area is 127 Å². The van der Waals surface area contributed by atoms with Crippen molar-refractivity contribution in [2.75, 3.05) is 26.2 Å². The summed E-state index contributed by atoms with van der Waals surface area (Å²) in [5.41, 5.74) is 6.69. The molecular weight excluding hydrogens is 267 g/mol. The van der Waals surface area contributed by atoms with Crippen molar-refractivity contribution in [2.45, 2.75) is 44.8 Å². The lowest BCUT2D eigenvalue weighted by atomic mass is 9.98. The van der Waals surface area contributed by atoms with Crippen LogP contribution in [0, 0.1) is 5.82 Å². The molecule has 118 valence electrons. The van der Waals surface area contributed by atoms with Crippen molar-refractivity contribution in [3.8, 4) is 0 Å². The summed E-state index contributed by atoms with van der Waals surface area (Å²) >= 11 is 0. The molecule has 21 heavy (non-hydrogen) atoms. The first-order valence-corrected chi connectivity index (χ1v) is 8.05. The van der Waals surface area contributed by atoms with Gasteiger partial charge in [-0.3, -0.25) is 4.90 Å². The number of hydrogen-bond acceptors (Lipinski definition) is 3. The van der Waals surface area contributed by atoms with Crippen molar-refractivity contribution in [3.63, 3.8) is 0 Å². The van der Waals surface area contributed by atoms with Gasteiger partial charge in [-0.1, -0.05) is 19.1 Å². The van der Waals surface area contributed by atoms with E-state index in [0.717, 1.165) is 45.4 Å². The SMILES string of the molecule is CCC(c1ccc(F)cc1)N1CCC(OCCCN)CC1. The van der Waals surface area contributed by atoms with Crippen LogP contribution in [-0.2, 0) is 4.74 Å². The zero-order valence-corrected chi connectivity index (χ0v) is 12.9. The highest BCUT2D eigenvalue weighted by molar-refractivity contribution is 5.20. The molecule has 2 N–H and O–H groups in total. The number of piperidine rings is 1. The first-order valence-electron chi connectivity index (χ1n) is 8.05. The standard InChI is InChI=1S/C17H27FN2O/c1-2-17(14-4-6-15(18)7-5-14)20-11-8-16(9-12-20)21-13-3-10-19/h4-7,16-17H,2-3,8-13,19H2,1H3. The molecule has 1 saturated heterocycles. The fourth-order valence-corrected chi connectivity index (χ4v) is 3.08. The van der Waals surface area contributed by atoms with E-state index in [-0.39, 0.29) is 5.82 Å². The smallest absolute Gasteiger partial charge is 0.123 e. The largest absolute Gasteiger partial charge is 0.378 e. The number of nitrogens with two attached hydrogens (primary N) is 1. The Morgan fingerprint density at radius 3 is 2.52 bits per heavy atom. The summed E-state index contributed by atoms with van der Waals surface area (Å²) in [5, 5.41) is 0. The third-order valence-electron chi connectivity index (χ3n) is 4.26. The molecule has 0 aromatic heterocycles. The molecule has 1 aliphatic rings. The summed E-state index contributed by atoms with van der Waals surface area (Å²) in [5.74, 6) is -0.166. The number of likely N-dealkylation sites (tertiary alicyclic amines) is 1. The van der Waals surface area contributed by atoms with Crippen LogP contribution in [0.5, 0.6) is 0 Å². The van der Waals surface area contributed by atoms with Gasteiger partial charge in [0.25, 0.3) is 0 Å². The molecule has 0 saturated carbocycles. The van der Waals surface area contributed by atoms with E-state index >= 15 is 0 Å². The van der Waals surface area contributed by atoms with Gasteiger partial charge in [-0.15, -0.1) is 0 Å². The minimum absolute atomic E-state index is 0.166. The zero-order chi connectivity index (χ0) is 15.1. The van der Waals surface area contributed by atoms with E-state index < -0.39 is 0 Å². The Morgan fingerprint density at radius 1 is 1.29 bits per heavy atom. The average molecular weight is 294 g/mol. The van der Waals surface area contributed by atoms with Gasteiger partial charge in [0.2, 0.25) is 0 Å². The van der Waals surface area contributed by atoms with Crippen molar-refractivity contribution < 1.29 is 9.13 Å². The third kappa shape index (κ3) is 4.77. The summed E-state index contributed by atoms with van der Waals surface area (Å²) in [6, 6.07) is 7.32. The molecule has 1 aromatic rings. The summed E-state index contributed by atoms with van der Waals surface area (Å²) < 4.78 is 18.9. The second-order valence-corrected chi connectivity index (χ2v) is 5.72. The molecule has 0 amide bonds. The summed E-state index contributed by atoms with van der Waals surface area (Å²) in [4.78, 5) is 2.50. The Morgan fingerprint density at radius 2 is 1.95 bits per heavy atom. The first kappa shape index (κ1) is 16.4. The van der Waals surface area contributed by atoms with E-state index in [4.69, 9.17) is 10.5 Å². The van der Waals surface area contributed by atoms with E-state index in [1.165, 1.54) is 5.56 Å². The second kappa shape index (κ2) is 8.47. The number of ether oxygens (including phenoxy) is 1. The van der Waals surface area contributed by atoms with Crippen molar-refractivity contribution >= 4 is 0 Å². The van der Waals surface area contributed by atoms with Gasteiger partial charge in [0.15, 0.2) is 0 Å². The maximum atomic E-state index is 13.1. The molecule has 1 fully saturated rings. The maximum Gasteiger partial charge on any atom is 0.123 e. The van der Waals surface area contributed by atoms with Crippen LogP contribution in [0.25, 0.3) is 0 Å². The lowest BCUT2D eigenvalue weighted by molar-refractivity contribution is -0.00296. The van der Waals surface area contributed by atoms with Gasteiger partial charge >= 0.3 is 0 Å². The molecule has 1 unspecified atom stereocenters. The molecule has 0 radical (unpaired) electrons. The van der Waals surface area contributed by atoms with Gasteiger partial charge < -0.3 is 10.5 Å². The first-order chi connectivity index (χ1) is 10.2. The second-order valence-electron chi connectivity index (χ2n) is 5.72. The molecule has 1 heterocycles. The van der Waals surface area contributed by atoms with Crippen molar-refractivity contribution in [1.82, 2.24) is 4.90 Å². The lowest BCUT2D eigenvalue weighted by Crippen LogP contribution is -2.39. The Balaban J connectivity index is 1.86. The fourth-order valence-electron chi connectivity index (χ4n) is 3.08. The topological polar surface area (TPSA) is 38.5 Å². The molecule has 2 rings (SSSR count). The highest BCUT2D eigenvalue weighted by atomic mass is 19.1. The molecule has 0 bridgehead atoms. The average Bonchev–Trinajstić information content (AvgIpc) is 2.52. The van der Waals surface area contributed by atoms with E-state index in [1.807, 2.05) is 12.1 Å². The minimum atomic E-state index is -0.166. The van der Waals surface area contributed by atoms with Crippen molar-refractivity contribution in [2.24, 2.45) is 5.73 Å². The van der Waals surface area contributed by atoms with Crippen LogP contribution in [0.1, 0.15) is 44.2 Å². The third-order valence-corrected chi connectivity index (χ3v) is 4.26. The van der Waals surface area contributed by atoms with Crippen LogP contribution in [0.4, 0.5) is 4.39 Å². The highest BCUT2D eigenvalue weighted by Crippen LogP contribution is 2.28.